The number of carbonyl (C=O) groups is 5. The van der Waals surface area contributed by atoms with Crippen LogP contribution in [0.3, 0.4) is 0 Å². The van der Waals surface area contributed by atoms with Crippen LogP contribution in [0.2, 0.25) is 0 Å². The van der Waals surface area contributed by atoms with Crippen LogP contribution in [0, 0.1) is 5.92 Å². The van der Waals surface area contributed by atoms with Gasteiger partial charge in [-0.15, -0.1) is 0 Å². The Labute approximate surface area is 215 Å². The third-order valence-electron chi connectivity index (χ3n) is 6.19. The van der Waals surface area contributed by atoms with Gasteiger partial charge in [0.1, 0.15) is 6.04 Å². The fourth-order valence-electron chi connectivity index (χ4n) is 3.82. The predicted molar refractivity (Wildman–Crippen MR) is 137 cm³/mol. The summed E-state index contributed by atoms with van der Waals surface area (Å²) < 4.78 is 0. The number of rotatable bonds is 24. The van der Waals surface area contributed by atoms with Crippen molar-refractivity contribution in [2.45, 2.75) is 122 Å². The van der Waals surface area contributed by atoms with Gasteiger partial charge < -0.3 is 26.6 Å². The third kappa shape index (κ3) is 20.7. The van der Waals surface area contributed by atoms with E-state index in [4.69, 9.17) is 15.9 Å². The summed E-state index contributed by atoms with van der Waals surface area (Å²) in [4.78, 5) is 57.0. The molecule has 0 radical (unpaired) electrons. The molecule has 208 valence electrons. The number of hydrogen-bond donors (Lipinski definition) is 5. The number of carboxylic acid groups (broad SMARTS) is 2. The number of nitrogens with one attached hydrogen (secondary N) is 2. The molecule has 0 aromatic rings. The average Bonchev–Trinajstić information content (AvgIpc) is 2.81. The molecule has 0 aromatic heterocycles. The first-order chi connectivity index (χ1) is 17.1. The van der Waals surface area contributed by atoms with E-state index >= 15 is 0 Å². The maximum Gasteiger partial charge on any atom is 0.306 e. The highest BCUT2D eigenvalue weighted by atomic mass is 16.4. The van der Waals surface area contributed by atoms with Gasteiger partial charge in [-0.2, -0.15) is 0 Å². The molecule has 10 heteroatoms. The smallest absolute Gasteiger partial charge is 0.306 e. The van der Waals surface area contributed by atoms with Crippen molar-refractivity contribution in [3.63, 3.8) is 0 Å². The Hall–Kier alpha value is -2.65. The second-order valence-electron chi connectivity index (χ2n) is 9.58. The van der Waals surface area contributed by atoms with Crippen molar-refractivity contribution in [3.05, 3.63) is 0 Å². The summed E-state index contributed by atoms with van der Waals surface area (Å²) in [5, 5.41) is 22.8. The minimum atomic E-state index is -0.879. The number of hydrogen-bond acceptors (Lipinski definition) is 5. The zero-order chi connectivity index (χ0) is 27.2. The second kappa shape index (κ2) is 21.6. The van der Waals surface area contributed by atoms with Gasteiger partial charge in [-0.3, -0.25) is 24.0 Å². The summed E-state index contributed by atoms with van der Waals surface area (Å²) in [6, 6.07) is -0.879. The zero-order valence-corrected chi connectivity index (χ0v) is 21.9. The lowest BCUT2D eigenvalue weighted by atomic mass is 10.0. The van der Waals surface area contributed by atoms with Crippen LogP contribution in [0.25, 0.3) is 0 Å². The number of amides is 3. The molecule has 0 saturated heterocycles. The molecule has 0 saturated carbocycles. The minimum absolute atomic E-state index is 0.0684. The van der Waals surface area contributed by atoms with E-state index in [1.165, 1.54) is 0 Å². The molecule has 2 atom stereocenters. The van der Waals surface area contributed by atoms with E-state index in [0.717, 1.165) is 64.2 Å². The van der Waals surface area contributed by atoms with Crippen LogP contribution < -0.4 is 16.4 Å². The standard InChI is InChI=1S/C26H47N3O7/c1-20(26(35)36)14-12-13-19-28-22(30)18-17-21(25(27)34)29-23(31)15-10-8-6-4-2-3-5-7-9-11-16-24(32)33/h20-21H,2-19H2,1H3,(H2,27,34)(H,28,30)(H,29,31)(H,32,33)(H,35,36)/t20-,21-/m0/s1. The van der Waals surface area contributed by atoms with Crippen LogP contribution in [-0.4, -0.2) is 52.5 Å². The van der Waals surface area contributed by atoms with Gasteiger partial charge in [-0.05, 0) is 32.1 Å². The normalized spacial score (nSPS) is 12.5. The lowest BCUT2D eigenvalue weighted by Gasteiger charge is -2.15. The van der Waals surface area contributed by atoms with E-state index in [0.29, 0.717) is 32.2 Å². The number of carboxylic acids is 2. The molecular formula is C26H47N3O7. The molecule has 0 aliphatic carbocycles. The van der Waals surface area contributed by atoms with Crippen molar-refractivity contribution < 1.29 is 34.2 Å². The van der Waals surface area contributed by atoms with Crippen LogP contribution in [0.1, 0.15) is 116 Å². The molecule has 0 fully saturated rings. The first-order valence-electron chi connectivity index (χ1n) is 13.4. The molecule has 0 heterocycles. The summed E-state index contributed by atoms with van der Waals surface area (Å²) in [6.45, 7) is 2.09. The molecule has 10 nitrogen and oxygen atoms in total. The third-order valence-corrected chi connectivity index (χ3v) is 6.19. The van der Waals surface area contributed by atoms with Crippen LogP contribution in [0.4, 0.5) is 0 Å². The first-order valence-corrected chi connectivity index (χ1v) is 13.4. The fourth-order valence-corrected chi connectivity index (χ4v) is 3.82. The Morgan fingerprint density at radius 3 is 1.69 bits per heavy atom. The second-order valence-corrected chi connectivity index (χ2v) is 9.58. The van der Waals surface area contributed by atoms with Crippen LogP contribution >= 0.6 is 0 Å². The monoisotopic (exact) mass is 513 g/mol. The Kier molecular flexibility index (Phi) is 20.0. The fraction of sp³-hybridized carbons (Fsp3) is 0.808. The lowest BCUT2D eigenvalue weighted by molar-refractivity contribution is -0.141. The summed E-state index contributed by atoms with van der Waals surface area (Å²) in [5.41, 5.74) is 5.38. The van der Waals surface area contributed by atoms with Gasteiger partial charge in [-0.25, -0.2) is 0 Å². The van der Waals surface area contributed by atoms with Crippen LogP contribution in [0.15, 0.2) is 0 Å². The molecule has 6 N–H and O–H groups in total. The number of carbonyl (C=O) groups excluding carboxylic acids is 3. The highest BCUT2D eigenvalue weighted by Crippen LogP contribution is 2.12. The van der Waals surface area contributed by atoms with Gasteiger partial charge in [0.05, 0.1) is 5.92 Å². The molecule has 0 bridgehead atoms. The summed E-state index contributed by atoms with van der Waals surface area (Å²) in [6.07, 6.45) is 12.7. The van der Waals surface area contributed by atoms with Crippen LogP contribution in [-0.2, 0) is 24.0 Å². The quantitative estimate of drug-likeness (QED) is 0.123. The lowest BCUT2D eigenvalue weighted by Crippen LogP contribution is -2.45. The van der Waals surface area contributed by atoms with Crippen molar-refractivity contribution in [3.8, 4) is 0 Å². The maximum atomic E-state index is 12.2. The topological polar surface area (TPSA) is 176 Å². The van der Waals surface area contributed by atoms with E-state index < -0.39 is 29.8 Å². The van der Waals surface area contributed by atoms with E-state index in [2.05, 4.69) is 10.6 Å². The minimum Gasteiger partial charge on any atom is -0.481 e. The molecule has 0 spiro atoms. The molecule has 36 heavy (non-hydrogen) atoms. The van der Waals surface area contributed by atoms with Gasteiger partial charge >= 0.3 is 11.9 Å². The van der Waals surface area contributed by atoms with Crippen molar-refractivity contribution >= 4 is 29.7 Å². The maximum absolute atomic E-state index is 12.2. The Balaban J connectivity index is 3.80. The summed E-state index contributed by atoms with van der Waals surface area (Å²) in [7, 11) is 0. The van der Waals surface area contributed by atoms with Crippen LogP contribution in [0.5, 0.6) is 0 Å². The van der Waals surface area contributed by atoms with Crippen molar-refractivity contribution in [2.24, 2.45) is 11.7 Å². The summed E-state index contributed by atoms with van der Waals surface area (Å²) in [5.74, 6) is -3.10. The Morgan fingerprint density at radius 1 is 0.667 bits per heavy atom. The number of aliphatic carboxylic acids is 2. The molecule has 0 rings (SSSR count). The highest BCUT2D eigenvalue weighted by Gasteiger charge is 2.19. The Bertz CT molecular complexity index is 670. The molecule has 0 aliphatic rings. The SMILES string of the molecule is C[C@@H](CCCCNC(=O)CC[C@H](NC(=O)CCCCCCCCCCCCC(=O)O)C(N)=O)C(=O)O. The molecule has 0 aromatic carbocycles. The number of nitrogens with two attached hydrogens (primary N) is 1. The van der Waals surface area contributed by atoms with Gasteiger partial charge in [0.25, 0.3) is 0 Å². The predicted octanol–water partition coefficient (Wildman–Crippen LogP) is 3.51. The summed E-state index contributed by atoms with van der Waals surface area (Å²) >= 11 is 0. The number of primary amides is 1. The average molecular weight is 514 g/mol. The largest absolute Gasteiger partial charge is 0.481 e. The van der Waals surface area contributed by atoms with Crippen molar-refractivity contribution in [1.29, 1.82) is 0 Å². The first kappa shape index (κ1) is 33.4. The highest BCUT2D eigenvalue weighted by molar-refractivity contribution is 5.87. The van der Waals surface area contributed by atoms with E-state index in [1.807, 2.05) is 0 Å². The van der Waals surface area contributed by atoms with Gasteiger partial charge in [0.2, 0.25) is 17.7 Å². The van der Waals surface area contributed by atoms with Gasteiger partial charge in [0.15, 0.2) is 0 Å². The number of unbranched alkanes of at least 4 members (excludes halogenated alkanes) is 10. The zero-order valence-electron chi connectivity index (χ0n) is 21.9. The van der Waals surface area contributed by atoms with E-state index in [1.54, 1.807) is 6.92 Å². The van der Waals surface area contributed by atoms with Crippen molar-refractivity contribution in [2.75, 3.05) is 6.54 Å². The molecule has 0 unspecified atom stereocenters. The van der Waals surface area contributed by atoms with Gasteiger partial charge in [0, 0.05) is 25.8 Å². The van der Waals surface area contributed by atoms with Gasteiger partial charge in [-0.1, -0.05) is 64.7 Å². The van der Waals surface area contributed by atoms with E-state index in [-0.39, 0.29) is 31.1 Å². The molecule has 3 amide bonds. The van der Waals surface area contributed by atoms with Crippen molar-refractivity contribution in [1.82, 2.24) is 10.6 Å². The molecular weight excluding hydrogens is 466 g/mol. The Morgan fingerprint density at radius 2 is 1.19 bits per heavy atom. The molecule has 0 aliphatic heterocycles. The van der Waals surface area contributed by atoms with E-state index in [9.17, 15) is 24.0 Å².